The van der Waals surface area contributed by atoms with Crippen LogP contribution < -0.4 is 14.8 Å². The lowest BCUT2D eigenvalue weighted by atomic mass is 10.0. The van der Waals surface area contributed by atoms with Crippen LogP contribution in [0.25, 0.3) is 0 Å². The highest BCUT2D eigenvalue weighted by molar-refractivity contribution is 6.30. The summed E-state index contributed by atoms with van der Waals surface area (Å²) in [7, 11) is 1.29. The number of benzene rings is 3. The molecule has 3 aromatic rings. The number of methoxy groups -OCH3 is 1. The lowest BCUT2D eigenvalue weighted by Crippen LogP contribution is -2.33. The molecule has 0 saturated carbocycles. The third-order valence-corrected chi connectivity index (χ3v) is 4.80. The van der Waals surface area contributed by atoms with Crippen LogP contribution in [-0.2, 0) is 5.92 Å². The largest absolute Gasteiger partial charge is 0.493 e. The molecule has 0 atom stereocenters. The average molecular weight is 486 g/mol. The van der Waals surface area contributed by atoms with E-state index in [-0.39, 0.29) is 22.1 Å². The number of amides is 1. The van der Waals surface area contributed by atoms with E-state index in [9.17, 15) is 26.7 Å². The summed E-state index contributed by atoms with van der Waals surface area (Å²) in [4.78, 5) is 12.8. The second-order valence-corrected chi connectivity index (χ2v) is 7.44. The summed E-state index contributed by atoms with van der Waals surface area (Å²) in [6, 6.07) is 12.7. The van der Waals surface area contributed by atoms with Crippen molar-refractivity contribution in [2.75, 3.05) is 12.4 Å². The van der Waals surface area contributed by atoms with Crippen molar-refractivity contribution in [2.24, 2.45) is 0 Å². The van der Waals surface area contributed by atoms with Gasteiger partial charge in [0.05, 0.1) is 12.7 Å². The van der Waals surface area contributed by atoms with E-state index in [0.29, 0.717) is 17.8 Å². The van der Waals surface area contributed by atoms with Crippen molar-refractivity contribution in [3.8, 4) is 17.2 Å². The first-order valence-corrected chi connectivity index (χ1v) is 9.78. The van der Waals surface area contributed by atoms with E-state index >= 15 is 0 Å². The Kier molecular flexibility index (Phi) is 6.83. The van der Waals surface area contributed by atoms with Gasteiger partial charge in [0.15, 0.2) is 11.5 Å². The number of hydrogen-bond donors (Lipinski definition) is 1. The fourth-order valence-electron chi connectivity index (χ4n) is 2.92. The van der Waals surface area contributed by atoms with Crippen LogP contribution in [0.3, 0.4) is 0 Å². The molecule has 3 rings (SSSR count). The van der Waals surface area contributed by atoms with Crippen LogP contribution in [0.5, 0.6) is 17.2 Å². The molecule has 3 aromatic carbocycles. The van der Waals surface area contributed by atoms with Gasteiger partial charge in [-0.15, -0.1) is 0 Å². The van der Waals surface area contributed by atoms with Crippen LogP contribution in [0.4, 0.5) is 27.6 Å². The quantitative estimate of drug-likeness (QED) is 0.371. The van der Waals surface area contributed by atoms with Gasteiger partial charge in [-0.2, -0.15) is 22.0 Å². The van der Waals surface area contributed by atoms with E-state index < -0.39 is 29.3 Å². The molecule has 0 spiro atoms. The zero-order valence-corrected chi connectivity index (χ0v) is 18.0. The Morgan fingerprint density at radius 3 is 2.27 bits per heavy atom. The Labute approximate surface area is 190 Å². The smallest absolute Gasteiger partial charge is 0.458 e. The second-order valence-electron chi connectivity index (χ2n) is 7.00. The van der Waals surface area contributed by atoms with Gasteiger partial charge in [0.25, 0.3) is 5.91 Å². The molecule has 0 aliphatic carbocycles. The molecule has 0 unspecified atom stereocenters. The highest BCUT2D eigenvalue weighted by Gasteiger charge is 2.58. The standard InChI is InChI=1S/C23H17ClF5NO3/c1-13-4-3-5-16(10-13)30-21(31)17-8-6-14(22(25,26)23(27,28)29)11-19(17)33-18-9-7-15(24)12-20(18)32-2/h3-12H,1-2H3,(H,30,31). The highest BCUT2D eigenvalue weighted by Crippen LogP contribution is 2.46. The first kappa shape index (κ1) is 24.3. The van der Waals surface area contributed by atoms with Gasteiger partial charge in [0.2, 0.25) is 0 Å². The molecule has 0 saturated heterocycles. The number of anilines is 1. The maximum absolute atomic E-state index is 14.0. The van der Waals surface area contributed by atoms with Gasteiger partial charge in [-0.3, -0.25) is 4.79 Å². The van der Waals surface area contributed by atoms with Crippen molar-refractivity contribution >= 4 is 23.2 Å². The van der Waals surface area contributed by atoms with E-state index in [0.717, 1.165) is 11.6 Å². The lowest BCUT2D eigenvalue weighted by Gasteiger charge is -2.21. The number of aryl methyl sites for hydroxylation is 1. The van der Waals surface area contributed by atoms with Crippen molar-refractivity contribution in [1.82, 2.24) is 0 Å². The zero-order valence-electron chi connectivity index (χ0n) is 17.3. The number of carbonyl (C=O) groups excluding carboxylic acids is 1. The molecule has 0 aliphatic heterocycles. The number of nitrogens with one attached hydrogen (secondary N) is 1. The molecular weight excluding hydrogens is 469 g/mol. The molecule has 0 aromatic heterocycles. The molecule has 10 heteroatoms. The molecule has 0 bridgehead atoms. The average Bonchev–Trinajstić information content (AvgIpc) is 2.74. The lowest BCUT2D eigenvalue weighted by molar-refractivity contribution is -0.289. The third kappa shape index (κ3) is 5.36. The predicted molar refractivity (Wildman–Crippen MR) is 114 cm³/mol. The van der Waals surface area contributed by atoms with Gasteiger partial charge in [-0.1, -0.05) is 29.8 Å². The van der Waals surface area contributed by atoms with Crippen molar-refractivity contribution in [3.63, 3.8) is 0 Å². The molecule has 4 nitrogen and oxygen atoms in total. The van der Waals surface area contributed by atoms with Gasteiger partial charge in [-0.05, 0) is 48.9 Å². The zero-order chi connectivity index (χ0) is 24.4. The van der Waals surface area contributed by atoms with Crippen LogP contribution in [0.2, 0.25) is 5.02 Å². The molecule has 1 amide bonds. The second kappa shape index (κ2) is 9.27. The van der Waals surface area contributed by atoms with Crippen LogP contribution >= 0.6 is 11.6 Å². The van der Waals surface area contributed by atoms with Crippen LogP contribution in [-0.4, -0.2) is 19.2 Å². The maximum atomic E-state index is 14.0. The minimum absolute atomic E-state index is 0.0426. The Balaban J connectivity index is 2.08. The summed E-state index contributed by atoms with van der Waals surface area (Å²) in [5.74, 6) is -6.42. The first-order chi connectivity index (χ1) is 15.4. The number of alkyl halides is 5. The molecule has 174 valence electrons. The Hall–Kier alpha value is -3.33. The number of carbonyl (C=O) groups is 1. The minimum atomic E-state index is -5.84. The molecule has 1 N–H and O–H groups in total. The Morgan fingerprint density at radius 2 is 1.64 bits per heavy atom. The van der Waals surface area contributed by atoms with Gasteiger partial charge in [0, 0.05) is 22.3 Å². The van der Waals surface area contributed by atoms with E-state index in [4.69, 9.17) is 21.1 Å². The molecular formula is C23H17ClF5NO3. The van der Waals surface area contributed by atoms with E-state index in [1.807, 2.05) is 0 Å². The van der Waals surface area contributed by atoms with Crippen LogP contribution in [0, 0.1) is 6.92 Å². The highest BCUT2D eigenvalue weighted by atomic mass is 35.5. The van der Waals surface area contributed by atoms with Crippen LogP contribution in [0.15, 0.2) is 60.7 Å². The van der Waals surface area contributed by atoms with Crippen molar-refractivity contribution < 1.29 is 36.2 Å². The third-order valence-electron chi connectivity index (χ3n) is 4.57. The summed E-state index contributed by atoms with van der Waals surface area (Å²) in [6.07, 6.45) is -5.84. The molecule has 0 radical (unpaired) electrons. The summed E-state index contributed by atoms with van der Waals surface area (Å²) in [5, 5.41) is 2.84. The summed E-state index contributed by atoms with van der Waals surface area (Å²) in [6.45, 7) is 1.80. The van der Waals surface area contributed by atoms with Gasteiger partial charge >= 0.3 is 12.1 Å². The first-order valence-electron chi connectivity index (χ1n) is 9.41. The van der Waals surface area contributed by atoms with Crippen molar-refractivity contribution in [2.45, 2.75) is 19.0 Å². The molecule has 0 heterocycles. The normalized spacial score (nSPS) is 11.8. The molecule has 0 fully saturated rings. The summed E-state index contributed by atoms with van der Waals surface area (Å²) < 4.78 is 77.4. The number of rotatable bonds is 6. The number of ether oxygens (including phenoxy) is 2. The fourth-order valence-corrected chi connectivity index (χ4v) is 3.08. The topological polar surface area (TPSA) is 47.6 Å². The Bertz CT molecular complexity index is 1180. The summed E-state index contributed by atoms with van der Waals surface area (Å²) >= 11 is 5.89. The molecule has 0 aliphatic rings. The SMILES string of the molecule is COc1cc(Cl)ccc1Oc1cc(C(F)(F)C(F)(F)F)ccc1C(=O)Nc1cccc(C)c1. The van der Waals surface area contributed by atoms with E-state index in [1.54, 1.807) is 31.2 Å². The minimum Gasteiger partial charge on any atom is -0.493 e. The molecule has 33 heavy (non-hydrogen) atoms. The predicted octanol–water partition coefficient (Wildman–Crippen LogP) is 7.36. The van der Waals surface area contributed by atoms with Crippen LogP contribution in [0.1, 0.15) is 21.5 Å². The van der Waals surface area contributed by atoms with Crippen molar-refractivity contribution in [3.05, 3.63) is 82.4 Å². The van der Waals surface area contributed by atoms with E-state index in [1.165, 1.54) is 25.3 Å². The van der Waals surface area contributed by atoms with Gasteiger partial charge in [-0.25, -0.2) is 0 Å². The van der Waals surface area contributed by atoms with E-state index in [2.05, 4.69) is 5.32 Å². The van der Waals surface area contributed by atoms with Gasteiger partial charge < -0.3 is 14.8 Å². The van der Waals surface area contributed by atoms with Gasteiger partial charge in [0.1, 0.15) is 5.75 Å². The number of halogens is 6. The summed E-state index contributed by atoms with van der Waals surface area (Å²) in [5.41, 5.74) is -0.407. The Morgan fingerprint density at radius 1 is 0.909 bits per heavy atom. The fraction of sp³-hybridized carbons (Fsp3) is 0.174. The number of hydrogen-bond acceptors (Lipinski definition) is 3. The maximum Gasteiger partial charge on any atom is 0.458 e. The monoisotopic (exact) mass is 485 g/mol. The van der Waals surface area contributed by atoms with Crippen molar-refractivity contribution in [1.29, 1.82) is 0 Å².